The van der Waals surface area contributed by atoms with Crippen molar-refractivity contribution in [3.63, 3.8) is 0 Å². The van der Waals surface area contributed by atoms with Crippen LogP contribution < -0.4 is 11.1 Å². The number of aromatic amines is 1. The zero-order valence-corrected chi connectivity index (χ0v) is 15.0. The van der Waals surface area contributed by atoms with E-state index >= 15 is 0 Å². The van der Waals surface area contributed by atoms with Gasteiger partial charge in [-0.3, -0.25) is 19.4 Å². The number of amides is 1. The van der Waals surface area contributed by atoms with Crippen LogP contribution in [0.15, 0.2) is 52.3 Å². The quantitative estimate of drug-likeness (QED) is 0.721. The second-order valence-electron chi connectivity index (χ2n) is 6.67. The number of H-pyrrole nitrogens is 1. The molecule has 1 saturated heterocycles. The monoisotopic (exact) mass is 364 g/mol. The lowest BCUT2D eigenvalue weighted by Crippen LogP contribution is -2.36. The van der Waals surface area contributed by atoms with Crippen molar-refractivity contribution in [1.29, 1.82) is 0 Å². The zero-order valence-electron chi connectivity index (χ0n) is 15.0. The van der Waals surface area contributed by atoms with Crippen molar-refractivity contribution in [2.45, 2.75) is 32.4 Å². The van der Waals surface area contributed by atoms with Gasteiger partial charge in [-0.05, 0) is 55.7 Å². The van der Waals surface area contributed by atoms with E-state index in [1.807, 2.05) is 24.0 Å². The highest BCUT2D eigenvalue weighted by Gasteiger charge is 2.30. The van der Waals surface area contributed by atoms with Gasteiger partial charge < -0.3 is 14.5 Å². The van der Waals surface area contributed by atoms with E-state index in [-0.39, 0.29) is 11.9 Å². The molecule has 0 spiro atoms. The van der Waals surface area contributed by atoms with Gasteiger partial charge in [0, 0.05) is 31.0 Å². The molecule has 138 valence electrons. The first-order valence-corrected chi connectivity index (χ1v) is 9.08. The molecule has 27 heavy (non-hydrogen) atoms. The van der Waals surface area contributed by atoms with Gasteiger partial charge >= 0.3 is 11.1 Å². The maximum Gasteiger partial charge on any atom is 0.316 e. The molecule has 7 nitrogen and oxygen atoms in total. The summed E-state index contributed by atoms with van der Waals surface area (Å²) in [5.41, 5.74) is 1.43. The molecule has 1 aliphatic rings. The predicted molar refractivity (Wildman–Crippen MR) is 102 cm³/mol. The number of carbonyl (C=O) groups excluding carboxylic acids is 1. The Morgan fingerprint density at radius 3 is 2.74 bits per heavy atom. The molecule has 0 aliphatic carbocycles. The molecule has 1 N–H and O–H groups in total. The number of pyridine rings is 1. The SMILES string of the molecule is CCn1c(=O)c(=O)[nH]c2cc(C(=O)N3CCC[C@@H]3c3ccncc3)ccc21. The Kier molecular flexibility index (Phi) is 4.35. The summed E-state index contributed by atoms with van der Waals surface area (Å²) in [4.78, 5) is 45.5. The fourth-order valence-electron chi connectivity index (χ4n) is 3.83. The number of nitrogens with zero attached hydrogens (tertiary/aromatic N) is 3. The van der Waals surface area contributed by atoms with E-state index in [4.69, 9.17) is 0 Å². The van der Waals surface area contributed by atoms with Gasteiger partial charge in [0.15, 0.2) is 0 Å². The Bertz CT molecular complexity index is 1120. The number of carbonyl (C=O) groups is 1. The number of likely N-dealkylation sites (tertiary alicyclic amines) is 1. The van der Waals surface area contributed by atoms with Crippen LogP contribution in [-0.2, 0) is 6.54 Å². The van der Waals surface area contributed by atoms with E-state index in [2.05, 4.69) is 9.97 Å². The standard InChI is InChI=1S/C20H20N4O3/c1-2-23-17-6-5-14(12-15(17)22-18(25)20(23)27)19(26)24-11-3-4-16(24)13-7-9-21-10-8-13/h5-10,12,16H,2-4,11H2,1H3,(H,22,25)/t16-/m1/s1. The highest BCUT2D eigenvalue weighted by atomic mass is 16.2. The zero-order chi connectivity index (χ0) is 19.0. The van der Waals surface area contributed by atoms with Gasteiger partial charge in [-0.2, -0.15) is 0 Å². The molecular formula is C20H20N4O3. The van der Waals surface area contributed by atoms with Crippen molar-refractivity contribution in [3.8, 4) is 0 Å². The second-order valence-corrected chi connectivity index (χ2v) is 6.67. The molecule has 0 unspecified atom stereocenters. The summed E-state index contributed by atoms with van der Waals surface area (Å²) in [5, 5.41) is 0. The maximum absolute atomic E-state index is 13.1. The number of aryl methyl sites for hydroxylation is 1. The third kappa shape index (κ3) is 2.95. The highest BCUT2D eigenvalue weighted by Crippen LogP contribution is 2.33. The number of benzene rings is 1. The van der Waals surface area contributed by atoms with Crippen molar-refractivity contribution >= 4 is 16.9 Å². The van der Waals surface area contributed by atoms with E-state index in [9.17, 15) is 14.4 Å². The first kappa shape index (κ1) is 17.2. The first-order valence-electron chi connectivity index (χ1n) is 9.08. The molecule has 7 heteroatoms. The second kappa shape index (κ2) is 6.83. The normalized spacial score (nSPS) is 16.8. The summed E-state index contributed by atoms with van der Waals surface area (Å²) in [7, 11) is 0. The third-order valence-corrected chi connectivity index (χ3v) is 5.14. The minimum atomic E-state index is -0.676. The lowest BCUT2D eigenvalue weighted by atomic mass is 10.1. The van der Waals surface area contributed by atoms with Gasteiger partial charge in [0.1, 0.15) is 0 Å². The summed E-state index contributed by atoms with van der Waals surface area (Å²) < 4.78 is 1.41. The van der Waals surface area contributed by atoms with Crippen LogP contribution in [0.3, 0.4) is 0 Å². The van der Waals surface area contributed by atoms with Crippen molar-refractivity contribution in [1.82, 2.24) is 19.4 Å². The van der Waals surface area contributed by atoms with Crippen molar-refractivity contribution < 1.29 is 4.79 Å². The van der Waals surface area contributed by atoms with Crippen molar-refractivity contribution in [3.05, 3.63) is 74.6 Å². The van der Waals surface area contributed by atoms with E-state index in [1.165, 1.54) is 4.57 Å². The van der Waals surface area contributed by atoms with Gasteiger partial charge in [-0.15, -0.1) is 0 Å². The molecule has 0 saturated carbocycles. The number of fused-ring (bicyclic) bond motifs is 1. The van der Waals surface area contributed by atoms with Crippen LogP contribution >= 0.6 is 0 Å². The summed E-state index contributed by atoms with van der Waals surface area (Å²) in [6.07, 6.45) is 5.33. The average Bonchev–Trinajstić information content (AvgIpc) is 3.18. The Hall–Kier alpha value is -3.22. The molecule has 1 aliphatic heterocycles. The number of hydrogen-bond acceptors (Lipinski definition) is 4. The molecule has 1 amide bonds. The summed E-state index contributed by atoms with van der Waals surface area (Å²) in [6, 6.07) is 9.01. The molecule has 1 fully saturated rings. The van der Waals surface area contributed by atoms with Gasteiger partial charge in [0.2, 0.25) is 0 Å². The number of nitrogens with one attached hydrogen (secondary N) is 1. The molecule has 0 radical (unpaired) electrons. The number of rotatable bonds is 3. The van der Waals surface area contributed by atoms with Crippen molar-refractivity contribution in [2.75, 3.05) is 6.54 Å². The molecular weight excluding hydrogens is 344 g/mol. The van der Waals surface area contributed by atoms with Gasteiger partial charge in [-0.1, -0.05) is 0 Å². The summed E-state index contributed by atoms with van der Waals surface area (Å²) in [5.74, 6) is -0.0775. The molecule has 4 rings (SSSR count). The molecule has 2 aromatic heterocycles. The van der Waals surface area contributed by atoms with Crippen LogP contribution in [-0.4, -0.2) is 31.9 Å². The summed E-state index contributed by atoms with van der Waals surface area (Å²) in [6.45, 7) is 2.89. The van der Waals surface area contributed by atoms with Gasteiger partial charge in [-0.25, -0.2) is 0 Å². The fourth-order valence-corrected chi connectivity index (χ4v) is 3.83. The van der Waals surface area contributed by atoms with Crippen LogP contribution in [0, 0.1) is 0 Å². The smallest absolute Gasteiger partial charge is 0.316 e. The van der Waals surface area contributed by atoms with Crippen LogP contribution in [0.25, 0.3) is 11.0 Å². The summed E-state index contributed by atoms with van der Waals surface area (Å²) >= 11 is 0. The van der Waals surface area contributed by atoms with Crippen LogP contribution in [0.1, 0.15) is 41.7 Å². The Morgan fingerprint density at radius 2 is 2.00 bits per heavy atom. The maximum atomic E-state index is 13.1. The molecule has 0 bridgehead atoms. The van der Waals surface area contributed by atoms with Crippen molar-refractivity contribution in [2.24, 2.45) is 0 Å². The fraction of sp³-hybridized carbons (Fsp3) is 0.300. The van der Waals surface area contributed by atoms with Crippen LogP contribution in [0.5, 0.6) is 0 Å². The lowest BCUT2D eigenvalue weighted by Gasteiger charge is -2.25. The largest absolute Gasteiger partial charge is 0.332 e. The predicted octanol–water partition coefficient (Wildman–Crippen LogP) is 2.08. The average molecular weight is 364 g/mol. The third-order valence-electron chi connectivity index (χ3n) is 5.14. The Labute approximate surface area is 155 Å². The number of aromatic nitrogens is 3. The lowest BCUT2D eigenvalue weighted by molar-refractivity contribution is 0.0735. The Balaban J connectivity index is 1.74. The minimum absolute atomic E-state index is 0.0276. The Morgan fingerprint density at radius 1 is 1.22 bits per heavy atom. The van der Waals surface area contributed by atoms with Gasteiger partial charge in [0.05, 0.1) is 17.1 Å². The topological polar surface area (TPSA) is 88.1 Å². The molecule has 3 heterocycles. The van der Waals surface area contributed by atoms with Gasteiger partial charge in [0.25, 0.3) is 5.91 Å². The first-order chi connectivity index (χ1) is 13.1. The van der Waals surface area contributed by atoms with E-state index in [0.29, 0.717) is 29.7 Å². The van der Waals surface area contributed by atoms with Crippen LogP contribution in [0.4, 0.5) is 0 Å². The van der Waals surface area contributed by atoms with E-state index < -0.39 is 11.1 Å². The van der Waals surface area contributed by atoms with E-state index in [0.717, 1.165) is 18.4 Å². The molecule has 3 aromatic rings. The number of hydrogen-bond donors (Lipinski definition) is 1. The molecule has 1 aromatic carbocycles. The van der Waals surface area contributed by atoms with Crippen LogP contribution in [0.2, 0.25) is 0 Å². The molecule has 1 atom stereocenters. The van der Waals surface area contributed by atoms with E-state index in [1.54, 1.807) is 30.6 Å². The minimum Gasteiger partial charge on any atom is -0.332 e. The highest BCUT2D eigenvalue weighted by molar-refractivity contribution is 5.97.